The van der Waals surface area contributed by atoms with E-state index in [9.17, 15) is 13.5 Å². The van der Waals surface area contributed by atoms with Crippen LogP contribution in [0.3, 0.4) is 0 Å². The number of anilines is 2. The summed E-state index contributed by atoms with van der Waals surface area (Å²) in [6, 6.07) is 9.41. The monoisotopic (exact) mass is 377 g/mol. The van der Waals surface area contributed by atoms with Crippen LogP contribution in [0.5, 0.6) is 0 Å². The molecule has 1 aromatic heterocycles. The molecule has 1 aliphatic heterocycles. The summed E-state index contributed by atoms with van der Waals surface area (Å²) in [5.41, 5.74) is 1.44. The fraction of sp³-hybridized carbons (Fsp3) is 0.412. The molecule has 0 saturated carbocycles. The van der Waals surface area contributed by atoms with E-state index in [-0.39, 0.29) is 0 Å². The van der Waals surface area contributed by atoms with Crippen molar-refractivity contribution in [3.63, 3.8) is 0 Å². The van der Waals surface area contributed by atoms with Gasteiger partial charge in [-0.15, -0.1) is 0 Å². The highest BCUT2D eigenvalue weighted by Gasteiger charge is 2.37. The first-order chi connectivity index (χ1) is 12.3. The van der Waals surface area contributed by atoms with Crippen LogP contribution in [0.15, 0.2) is 36.7 Å². The number of nitrogens with one attached hydrogen (secondary N) is 1. The average molecular weight is 377 g/mol. The standard InChI is InChI=1S/C17H23N5O3S/c1-12-9-18-15-14(17(23)22(12)26(3,24)25)16(20-11-19-15)21(2)10-13-7-5-4-6-8-13/h4-8,11-12,17,23H,9-10H2,1-3H3,(H,18,19,20)/t12-,17+/m1/s1. The molecule has 1 aromatic carbocycles. The van der Waals surface area contributed by atoms with Crippen LogP contribution in [0, 0.1) is 0 Å². The highest BCUT2D eigenvalue weighted by molar-refractivity contribution is 7.88. The van der Waals surface area contributed by atoms with Gasteiger partial charge in [-0.1, -0.05) is 30.3 Å². The Morgan fingerprint density at radius 1 is 1.31 bits per heavy atom. The van der Waals surface area contributed by atoms with Crippen LogP contribution < -0.4 is 10.2 Å². The van der Waals surface area contributed by atoms with Gasteiger partial charge in [-0.2, -0.15) is 4.31 Å². The molecule has 0 fully saturated rings. The largest absolute Gasteiger partial charge is 0.373 e. The zero-order valence-corrected chi connectivity index (χ0v) is 15.8. The second-order valence-corrected chi connectivity index (χ2v) is 8.39. The van der Waals surface area contributed by atoms with E-state index in [1.54, 1.807) is 6.92 Å². The number of aliphatic hydroxyl groups excluding tert-OH is 1. The average Bonchev–Trinajstić information content (AvgIpc) is 2.71. The molecular weight excluding hydrogens is 354 g/mol. The van der Waals surface area contributed by atoms with E-state index in [0.29, 0.717) is 30.3 Å². The van der Waals surface area contributed by atoms with Crippen LogP contribution in [-0.4, -0.2) is 53.7 Å². The minimum absolute atomic E-state index is 0.343. The Kier molecular flexibility index (Phi) is 5.12. The van der Waals surface area contributed by atoms with Gasteiger partial charge in [-0.3, -0.25) is 0 Å². The number of aromatic nitrogens is 2. The molecule has 0 unspecified atom stereocenters. The molecule has 0 radical (unpaired) electrons. The molecule has 0 saturated heterocycles. The van der Waals surface area contributed by atoms with Crippen molar-refractivity contribution in [1.29, 1.82) is 0 Å². The van der Waals surface area contributed by atoms with E-state index in [1.165, 1.54) is 6.33 Å². The molecule has 1 aliphatic rings. The fourth-order valence-corrected chi connectivity index (χ4v) is 4.41. The zero-order chi connectivity index (χ0) is 18.9. The van der Waals surface area contributed by atoms with Crippen molar-refractivity contribution >= 4 is 21.7 Å². The molecule has 140 valence electrons. The number of nitrogens with zero attached hydrogens (tertiary/aromatic N) is 4. The van der Waals surface area contributed by atoms with Gasteiger partial charge >= 0.3 is 0 Å². The maximum Gasteiger partial charge on any atom is 0.213 e. The van der Waals surface area contributed by atoms with Crippen molar-refractivity contribution in [2.24, 2.45) is 0 Å². The molecule has 0 spiro atoms. The smallest absolute Gasteiger partial charge is 0.213 e. The van der Waals surface area contributed by atoms with Crippen molar-refractivity contribution < 1.29 is 13.5 Å². The van der Waals surface area contributed by atoms with E-state index in [4.69, 9.17) is 0 Å². The second kappa shape index (κ2) is 7.18. The van der Waals surface area contributed by atoms with Crippen LogP contribution in [0.1, 0.15) is 24.3 Å². The minimum atomic E-state index is -3.62. The molecule has 26 heavy (non-hydrogen) atoms. The first kappa shape index (κ1) is 18.6. The topological polar surface area (TPSA) is 98.7 Å². The number of sulfonamides is 1. The molecule has 2 aromatic rings. The molecule has 0 bridgehead atoms. The van der Waals surface area contributed by atoms with Crippen LogP contribution in [0.25, 0.3) is 0 Å². The molecule has 8 nitrogen and oxygen atoms in total. The summed E-state index contributed by atoms with van der Waals surface area (Å²) in [4.78, 5) is 10.4. The molecular formula is C17H23N5O3S. The molecule has 2 N–H and O–H groups in total. The van der Waals surface area contributed by atoms with Gasteiger partial charge in [-0.05, 0) is 12.5 Å². The van der Waals surface area contributed by atoms with E-state index in [0.717, 1.165) is 16.1 Å². The normalized spacial score (nSPS) is 20.8. The summed E-state index contributed by atoms with van der Waals surface area (Å²) < 4.78 is 25.5. The quantitative estimate of drug-likeness (QED) is 0.825. The molecule has 9 heteroatoms. The van der Waals surface area contributed by atoms with Crippen molar-refractivity contribution in [1.82, 2.24) is 14.3 Å². The Hall–Kier alpha value is -2.23. The van der Waals surface area contributed by atoms with Crippen molar-refractivity contribution in [3.05, 3.63) is 47.8 Å². The van der Waals surface area contributed by atoms with Gasteiger partial charge in [-0.25, -0.2) is 18.4 Å². The number of fused-ring (bicyclic) bond motifs is 1. The van der Waals surface area contributed by atoms with E-state index in [1.807, 2.05) is 42.3 Å². The maximum atomic E-state index is 12.2. The third kappa shape index (κ3) is 3.64. The number of hydrogen-bond acceptors (Lipinski definition) is 7. The first-order valence-electron chi connectivity index (χ1n) is 8.29. The van der Waals surface area contributed by atoms with Crippen LogP contribution in [-0.2, 0) is 16.6 Å². The molecule has 2 heterocycles. The van der Waals surface area contributed by atoms with Gasteiger partial charge in [0, 0.05) is 26.2 Å². The summed E-state index contributed by atoms with van der Waals surface area (Å²) in [6.07, 6.45) is 1.14. The molecule has 0 amide bonds. The summed E-state index contributed by atoms with van der Waals surface area (Å²) in [5.74, 6) is 0.932. The number of rotatable bonds is 4. The predicted octanol–water partition coefficient (Wildman–Crippen LogP) is 1.18. The third-order valence-electron chi connectivity index (χ3n) is 4.37. The Bertz CT molecular complexity index is 875. The highest BCUT2D eigenvalue weighted by Crippen LogP contribution is 2.36. The Morgan fingerprint density at radius 2 is 2.00 bits per heavy atom. The van der Waals surface area contributed by atoms with Crippen LogP contribution in [0.4, 0.5) is 11.6 Å². The van der Waals surface area contributed by atoms with E-state index >= 15 is 0 Å². The van der Waals surface area contributed by atoms with Gasteiger partial charge in [0.1, 0.15) is 18.0 Å². The van der Waals surface area contributed by atoms with E-state index in [2.05, 4.69) is 15.3 Å². The number of benzene rings is 1. The fourth-order valence-electron chi connectivity index (χ4n) is 3.21. The lowest BCUT2D eigenvalue weighted by atomic mass is 10.2. The molecule has 2 atom stereocenters. The predicted molar refractivity (Wildman–Crippen MR) is 100 cm³/mol. The zero-order valence-electron chi connectivity index (χ0n) is 15.0. The van der Waals surface area contributed by atoms with Crippen molar-refractivity contribution in [3.8, 4) is 0 Å². The molecule has 0 aliphatic carbocycles. The van der Waals surface area contributed by atoms with Gasteiger partial charge in [0.05, 0.1) is 11.8 Å². The lowest BCUT2D eigenvalue weighted by molar-refractivity contribution is 0.0477. The minimum Gasteiger partial charge on any atom is -0.373 e. The maximum absolute atomic E-state index is 12.2. The first-order valence-corrected chi connectivity index (χ1v) is 10.1. The summed E-state index contributed by atoms with van der Waals surface area (Å²) in [5, 5.41) is 14.0. The Morgan fingerprint density at radius 3 is 2.65 bits per heavy atom. The van der Waals surface area contributed by atoms with Crippen LogP contribution >= 0.6 is 0 Å². The lowest BCUT2D eigenvalue weighted by Crippen LogP contribution is -2.42. The SMILES string of the molecule is C[C@@H]1CNc2ncnc(N(C)Cc3ccccc3)c2[C@H](O)N1S(C)(=O)=O. The number of aliphatic hydroxyl groups is 1. The Balaban J connectivity index is 2.03. The number of hydrogen-bond donors (Lipinski definition) is 2. The highest BCUT2D eigenvalue weighted by atomic mass is 32.2. The third-order valence-corrected chi connectivity index (χ3v) is 5.69. The van der Waals surface area contributed by atoms with Gasteiger partial charge in [0.25, 0.3) is 0 Å². The van der Waals surface area contributed by atoms with E-state index < -0.39 is 22.3 Å². The van der Waals surface area contributed by atoms with Gasteiger partial charge < -0.3 is 15.3 Å². The summed E-state index contributed by atoms with van der Waals surface area (Å²) >= 11 is 0. The summed E-state index contributed by atoms with van der Waals surface area (Å²) in [6.45, 7) is 2.64. The second-order valence-electron chi connectivity index (χ2n) is 6.50. The van der Waals surface area contributed by atoms with Gasteiger partial charge in [0.15, 0.2) is 6.23 Å². The summed E-state index contributed by atoms with van der Waals surface area (Å²) in [7, 11) is -1.77. The van der Waals surface area contributed by atoms with Crippen molar-refractivity contribution in [2.75, 3.05) is 30.1 Å². The van der Waals surface area contributed by atoms with Crippen LogP contribution in [0.2, 0.25) is 0 Å². The van der Waals surface area contributed by atoms with Gasteiger partial charge in [0.2, 0.25) is 10.0 Å². The lowest BCUT2D eigenvalue weighted by Gasteiger charge is -2.30. The molecule has 3 rings (SSSR count). The Labute approximate surface area is 153 Å². The van der Waals surface area contributed by atoms with Crippen molar-refractivity contribution in [2.45, 2.75) is 25.7 Å².